The fourth-order valence-electron chi connectivity index (χ4n) is 3.83. The Kier molecular flexibility index (Phi) is 5.32. The van der Waals surface area contributed by atoms with Crippen LogP contribution in [0.2, 0.25) is 0 Å². The van der Waals surface area contributed by atoms with Crippen LogP contribution in [0.3, 0.4) is 0 Å². The van der Waals surface area contributed by atoms with Gasteiger partial charge in [0.15, 0.2) is 0 Å². The summed E-state index contributed by atoms with van der Waals surface area (Å²) < 4.78 is 0. The minimum atomic E-state index is -0.732. The lowest BCUT2D eigenvalue weighted by atomic mass is 10.1. The number of amides is 3. The molecule has 0 radical (unpaired) electrons. The number of nitro groups is 1. The van der Waals surface area contributed by atoms with Gasteiger partial charge in [-0.25, -0.2) is 9.97 Å². The molecule has 11 nitrogen and oxygen atoms in total. The van der Waals surface area contributed by atoms with Gasteiger partial charge in [0.1, 0.15) is 17.7 Å². The highest BCUT2D eigenvalue weighted by atomic mass is 16.6. The first kappa shape index (κ1) is 20.4. The van der Waals surface area contributed by atoms with Crippen molar-refractivity contribution in [2.45, 2.75) is 13.3 Å². The van der Waals surface area contributed by atoms with Gasteiger partial charge < -0.3 is 9.80 Å². The summed E-state index contributed by atoms with van der Waals surface area (Å²) >= 11 is 0. The fraction of sp³-hybridized carbons (Fsp3) is 0.350. The lowest BCUT2D eigenvalue weighted by Gasteiger charge is -2.35. The molecule has 0 bridgehead atoms. The van der Waals surface area contributed by atoms with Gasteiger partial charge in [0, 0.05) is 57.0 Å². The molecular formula is C20H20N6O5. The van der Waals surface area contributed by atoms with Crippen LogP contribution < -0.4 is 4.90 Å². The maximum Gasteiger partial charge on any atom is 0.282 e. The minimum Gasteiger partial charge on any atom is -0.353 e. The Morgan fingerprint density at radius 3 is 2.55 bits per heavy atom. The number of fused-ring (bicyclic) bond motifs is 1. The van der Waals surface area contributed by atoms with Crippen molar-refractivity contribution < 1.29 is 19.3 Å². The summed E-state index contributed by atoms with van der Waals surface area (Å²) in [5, 5.41) is 11.2. The number of aryl methyl sites for hydroxylation is 1. The van der Waals surface area contributed by atoms with Crippen molar-refractivity contribution in [3.63, 3.8) is 0 Å². The third-order valence-corrected chi connectivity index (χ3v) is 5.47. The van der Waals surface area contributed by atoms with Crippen LogP contribution in [0.1, 0.15) is 32.8 Å². The quantitative estimate of drug-likeness (QED) is 0.395. The van der Waals surface area contributed by atoms with Crippen LogP contribution >= 0.6 is 0 Å². The summed E-state index contributed by atoms with van der Waals surface area (Å²) in [4.78, 5) is 61.3. The predicted molar refractivity (Wildman–Crippen MR) is 109 cm³/mol. The number of aromatic nitrogens is 2. The van der Waals surface area contributed by atoms with E-state index in [-0.39, 0.29) is 30.0 Å². The number of carbonyl (C=O) groups is 3. The number of imide groups is 1. The van der Waals surface area contributed by atoms with E-state index in [0.717, 1.165) is 16.4 Å². The second kappa shape index (κ2) is 8.09. The van der Waals surface area contributed by atoms with Crippen LogP contribution in [0.25, 0.3) is 0 Å². The largest absolute Gasteiger partial charge is 0.353 e. The lowest BCUT2D eigenvalue weighted by molar-refractivity contribution is -0.385. The zero-order chi connectivity index (χ0) is 22.1. The van der Waals surface area contributed by atoms with E-state index < -0.39 is 22.4 Å². The Labute approximate surface area is 177 Å². The molecule has 1 aromatic carbocycles. The summed E-state index contributed by atoms with van der Waals surface area (Å²) in [5.74, 6) is -0.707. The summed E-state index contributed by atoms with van der Waals surface area (Å²) in [7, 11) is 0. The number of anilines is 1. The Morgan fingerprint density at radius 1 is 1.13 bits per heavy atom. The van der Waals surface area contributed by atoms with Gasteiger partial charge in [0.25, 0.3) is 17.5 Å². The highest BCUT2D eigenvalue weighted by molar-refractivity contribution is 6.23. The Morgan fingerprint density at radius 2 is 1.87 bits per heavy atom. The van der Waals surface area contributed by atoms with Crippen molar-refractivity contribution in [3.05, 3.63) is 57.5 Å². The highest BCUT2D eigenvalue weighted by Gasteiger charge is 2.41. The van der Waals surface area contributed by atoms with Crippen molar-refractivity contribution in [2.75, 3.05) is 37.6 Å². The monoisotopic (exact) mass is 424 g/mol. The molecule has 1 fully saturated rings. The molecule has 0 saturated carbocycles. The molecule has 2 aromatic rings. The summed E-state index contributed by atoms with van der Waals surface area (Å²) in [5.41, 5.74) is 0.254. The van der Waals surface area contributed by atoms with Crippen LogP contribution in [-0.2, 0) is 4.79 Å². The van der Waals surface area contributed by atoms with Crippen LogP contribution in [0.5, 0.6) is 0 Å². The molecule has 11 heteroatoms. The summed E-state index contributed by atoms with van der Waals surface area (Å²) in [6, 6.07) is 5.84. The first-order valence-corrected chi connectivity index (χ1v) is 9.82. The number of carbonyl (C=O) groups excluding carboxylic acids is 3. The molecule has 0 unspecified atom stereocenters. The van der Waals surface area contributed by atoms with E-state index in [2.05, 4.69) is 14.9 Å². The summed E-state index contributed by atoms with van der Waals surface area (Å²) in [6.07, 6.45) is 1.47. The third kappa shape index (κ3) is 3.81. The van der Waals surface area contributed by atoms with Gasteiger partial charge in [-0.2, -0.15) is 0 Å². The fourth-order valence-corrected chi connectivity index (χ4v) is 3.83. The molecule has 2 aliphatic rings. The van der Waals surface area contributed by atoms with Crippen LogP contribution in [0, 0.1) is 17.0 Å². The molecule has 0 atom stereocenters. The number of benzene rings is 1. The van der Waals surface area contributed by atoms with Gasteiger partial charge in [-0.15, -0.1) is 0 Å². The lowest BCUT2D eigenvalue weighted by Crippen LogP contribution is -2.49. The van der Waals surface area contributed by atoms with Crippen LogP contribution in [-0.4, -0.2) is 75.1 Å². The van der Waals surface area contributed by atoms with E-state index in [1.807, 2.05) is 13.0 Å². The SMILES string of the molecule is Cc1cc(N2CCN(C(=O)CCN3C(=O)c4cccc([N+](=O)[O-])c4C3=O)CC2)ncn1. The molecule has 160 valence electrons. The van der Waals surface area contributed by atoms with Gasteiger partial charge in [-0.1, -0.05) is 6.07 Å². The molecular weight excluding hydrogens is 404 g/mol. The molecule has 1 aromatic heterocycles. The highest BCUT2D eigenvalue weighted by Crippen LogP contribution is 2.30. The van der Waals surface area contributed by atoms with Crippen LogP contribution in [0.15, 0.2) is 30.6 Å². The van der Waals surface area contributed by atoms with Crippen molar-refractivity contribution in [1.29, 1.82) is 0 Å². The van der Waals surface area contributed by atoms with E-state index in [4.69, 9.17) is 0 Å². The van der Waals surface area contributed by atoms with Crippen molar-refractivity contribution in [3.8, 4) is 0 Å². The zero-order valence-electron chi connectivity index (χ0n) is 16.9. The molecule has 31 heavy (non-hydrogen) atoms. The average molecular weight is 424 g/mol. The van der Waals surface area contributed by atoms with E-state index >= 15 is 0 Å². The maximum absolute atomic E-state index is 12.6. The van der Waals surface area contributed by atoms with E-state index in [1.165, 1.54) is 24.5 Å². The van der Waals surface area contributed by atoms with E-state index in [1.54, 1.807) is 4.90 Å². The number of nitro benzene ring substituents is 1. The Hall–Kier alpha value is -3.89. The normalized spacial score (nSPS) is 16.0. The van der Waals surface area contributed by atoms with Crippen molar-refractivity contribution in [2.24, 2.45) is 0 Å². The van der Waals surface area contributed by atoms with Gasteiger partial charge in [-0.3, -0.25) is 29.4 Å². The Bertz CT molecular complexity index is 1080. The van der Waals surface area contributed by atoms with Crippen LogP contribution in [0.4, 0.5) is 11.5 Å². The molecule has 1 saturated heterocycles. The first-order chi connectivity index (χ1) is 14.9. The van der Waals surface area contributed by atoms with E-state index in [9.17, 15) is 24.5 Å². The number of hydrogen-bond acceptors (Lipinski definition) is 8. The number of hydrogen-bond donors (Lipinski definition) is 0. The Balaban J connectivity index is 1.35. The number of piperazine rings is 1. The second-order valence-electron chi connectivity index (χ2n) is 7.35. The molecule has 0 aliphatic carbocycles. The van der Waals surface area contributed by atoms with Gasteiger partial charge in [0.2, 0.25) is 5.91 Å². The minimum absolute atomic E-state index is 0.000377. The number of rotatable bonds is 5. The maximum atomic E-state index is 12.6. The van der Waals surface area contributed by atoms with Gasteiger partial charge in [-0.05, 0) is 13.0 Å². The molecule has 4 rings (SSSR count). The standard InChI is InChI=1S/C20H20N6O5/c1-13-11-16(22-12-21-13)23-7-9-24(10-8-23)17(27)5-6-25-19(28)14-3-2-4-15(26(30)31)18(14)20(25)29/h2-4,11-12H,5-10H2,1H3. The number of nitrogens with zero attached hydrogens (tertiary/aromatic N) is 6. The first-order valence-electron chi connectivity index (χ1n) is 9.82. The summed E-state index contributed by atoms with van der Waals surface area (Å²) in [6.45, 7) is 3.99. The van der Waals surface area contributed by atoms with Gasteiger partial charge in [0.05, 0.1) is 10.5 Å². The third-order valence-electron chi connectivity index (χ3n) is 5.47. The van der Waals surface area contributed by atoms with E-state index in [0.29, 0.717) is 26.2 Å². The second-order valence-corrected chi connectivity index (χ2v) is 7.35. The molecule has 2 aliphatic heterocycles. The zero-order valence-corrected chi connectivity index (χ0v) is 16.9. The molecule has 3 heterocycles. The van der Waals surface area contributed by atoms with Crippen molar-refractivity contribution in [1.82, 2.24) is 19.8 Å². The molecule has 0 N–H and O–H groups in total. The predicted octanol–water partition coefficient (Wildman–Crippen LogP) is 1.03. The average Bonchev–Trinajstić information content (AvgIpc) is 3.02. The topological polar surface area (TPSA) is 130 Å². The molecule has 3 amide bonds. The van der Waals surface area contributed by atoms with Crippen molar-refractivity contribution >= 4 is 29.2 Å². The smallest absolute Gasteiger partial charge is 0.282 e. The molecule has 0 spiro atoms. The van der Waals surface area contributed by atoms with Gasteiger partial charge >= 0.3 is 0 Å².